The van der Waals surface area contributed by atoms with Crippen molar-refractivity contribution >= 4 is 29.0 Å². The number of aromatic amines is 1. The zero-order valence-electron chi connectivity index (χ0n) is 16.2. The third-order valence-electron chi connectivity index (χ3n) is 5.10. The summed E-state index contributed by atoms with van der Waals surface area (Å²) < 4.78 is 27.0. The number of halogens is 3. The van der Waals surface area contributed by atoms with E-state index in [1.165, 1.54) is 29.8 Å². The maximum absolute atomic E-state index is 13.7. The quantitative estimate of drug-likeness (QED) is 0.404. The van der Waals surface area contributed by atoms with Gasteiger partial charge in [-0.1, -0.05) is 12.1 Å². The van der Waals surface area contributed by atoms with Gasteiger partial charge in [-0.3, -0.25) is 4.98 Å². The maximum atomic E-state index is 13.7. The number of nitrogens with zero attached hydrogens (tertiary/aromatic N) is 1. The lowest BCUT2D eigenvalue weighted by Crippen LogP contribution is -2.16. The van der Waals surface area contributed by atoms with Crippen LogP contribution in [0.3, 0.4) is 0 Å². The van der Waals surface area contributed by atoms with E-state index in [9.17, 15) is 8.78 Å². The van der Waals surface area contributed by atoms with Crippen molar-refractivity contribution in [2.24, 2.45) is 0 Å². The Morgan fingerprint density at radius 3 is 2.48 bits per heavy atom. The van der Waals surface area contributed by atoms with Crippen molar-refractivity contribution in [3.05, 3.63) is 94.9 Å². The number of aryl methyl sites for hydroxylation is 2. The predicted octanol–water partition coefficient (Wildman–Crippen LogP) is 6.28. The first-order chi connectivity index (χ1) is 13.5. The fraction of sp³-hybridized carbons (Fsp3) is 0.174. The van der Waals surface area contributed by atoms with Crippen LogP contribution < -0.4 is 5.32 Å². The van der Waals surface area contributed by atoms with Crippen molar-refractivity contribution < 1.29 is 8.78 Å². The molecule has 2 heterocycles. The summed E-state index contributed by atoms with van der Waals surface area (Å²) in [6.07, 6.45) is 2.33. The molecular weight excluding hydrogens is 392 g/mol. The fourth-order valence-corrected chi connectivity index (χ4v) is 3.53. The standard InChI is InChI=1S/C23H21F2N3.ClH/c1-14-15(2)27-22-20(14)10-11-26-23(22)21(13-16-4-3-5-18(25)12-16)28-19-8-6-17(24)7-9-19;/h3-12,21,27-28H,13H2,1-2H3;1H. The Bertz CT molecular complexity index is 1120. The second-order valence-corrected chi connectivity index (χ2v) is 7.03. The number of nitrogens with one attached hydrogen (secondary N) is 2. The number of benzene rings is 2. The Hall–Kier alpha value is -2.92. The van der Waals surface area contributed by atoms with Crippen LogP contribution in [0.5, 0.6) is 0 Å². The molecule has 0 amide bonds. The minimum Gasteiger partial charge on any atom is -0.376 e. The van der Waals surface area contributed by atoms with Crippen molar-refractivity contribution in [3.63, 3.8) is 0 Å². The largest absolute Gasteiger partial charge is 0.376 e. The summed E-state index contributed by atoms with van der Waals surface area (Å²) in [4.78, 5) is 8.06. The number of aromatic nitrogens is 2. The van der Waals surface area contributed by atoms with E-state index in [0.717, 1.165) is 33.5 Å². The third kappa shape index (κ3) is 4.40. The molecule has 0 aliphatic rings. The molecule has 1 atom stereocenters. The van der Waals surface area contributed by atoms with Crippen molar-refractivity contribution in [2.45, 2.75) is 26.3 Å². The minimum absolute atomic E-state index is 0. The van der Waals surface area contributed by atoms with E-state index < -0.39 is 0 Å². The lowest BCUT2D eigenvalue weighted by Gasteiger charge is -2.20. The highest BCUT2D eigenvalue weighted by molar-refractivity contribution is 5.86. The first-order valence-electron chi connectivity index (χ1n) is 9.21. The number of pyridine rings is 1. The van der Waals surface area contributed by atoms with E-state index in [-0.39, 0.29) is 30.1 Å². The summed E-state index contributed by atoms with van der Waals surface area (Å²) in [6, 6.07) is 14.6. The van der Waals surface area contributed by atoms with Crippen LogP contribution in [0.1, 0.15) is 28.6 Å². The Kier molecular flexibility index (Phi) is 6.18. The van der Waals surface area contributed by atoms with Gasteiger partial charge in [-0.15, -0.1) is 12.4 Å². The van der Waals surface area contributed by atoms with E-state index in [0.29, 0.717) is 6.42 Å². The number of hydrogen-bond donors (Lipinski definition) is 2. The van der Waals surface area contributed by atoms with Crippen molar-refractivity contribution in [3.8, 4) is 0 Å². The molecule has 3 nitrogen and oxygen atoms in total. The first-order valence-corrected chi connectivity index (χ1v) is 9.21. The monoisotopic (exact) mass is 413 g/mol. The molecule has 0 saturated carbocycles. The van der Waals surface area contributed by atoms with Gasteiger partial charge in [-0.2, -0.15) is 0 Å². The minimum atomic E-state index is -0.289. The number of rotatable bonds is 5. The van der Waals surface area contributed by atoms with Gasteiger partial charge in [0.15, 0.2) is 0 Å². The topological polar surface area (TPSA) is 40.7 Å². The summed E-state index contributed by atoms with van der Waals surface area (Å²) in [5, 5.41) is 4.56. The molecule has 0 aliphatic heterocycles. The van der Waals surface area contributed by atoms with Crippen molar-refractivity contribution in [1.29, 1.82) is 0 Å². The molecule has 4 aromatic rings. The fourth-order valence-electron chi connectivity index (χ4n) is 3.53. The van der Waals surface area contributed by atoms with Gasteiger partial charge in [0.25, 0.3) is 0 Å². The highest BCUT2D eigenvalue weighted by Gasteiger charge is 2.19. The molecule has 29 heavy (non-hydrogen) atoms. The van der Waals surface area contributed by atoms with Gasteiger partial charge in [0, 0.05) is 23.0 Å². The number of fused-ring (bicyclic) bond motifs is 1. The van der Waals surface area contributed by atoms with Gasteiger partial charge >= 0.3 is 0 Å². The Morgan fingerprint density at radius 2 is 1.76 bits per heavy atom. The molecule has 0 radical (unpaired) electrons. The molecule has 1 unspecified atom stereocenters. The van der Waals surface area contributed by atoms with E-state index in [4.69, 9.17) is 0 Å². The van der Waals surface area contributed by atoms with Gasteiger partial charge in [-0.05, 0) is 73.9 Å². The Labute approximate surface area is 174 Å². The number of anilines is 1. The van der Waals surface area contributed by atoms with Gasteiger partial charge in [0.1, 0.15) is 11.6 Å². The van der Waals surface area contributed by atoms with E-state index in [2.05, 4.69) is 22.2 Å². The van der Waals surface area contributed by atoms with E-state index in [1.54, 1.807) is 24.4 Å². The molecule has 0 spiro atoms. The summed E-state index contributed by atoms with van der Waals surface area (Å²) in [7, 11) is 0. The Morgan fingerprint density at radius 1 is 1.00 bits per heavy atom. The number of H-pyrrole nitrogens is 1. The zero-order chi connectivity index (χ0) is 19.7. The third-order valence-corrected chi connectivity index (χ3v) is 5.10. The normalized spacial score (nSPS) is 11.9. The first kappa shape index (κ1) is 20.8. The van der Waals surface area contributed by atoms with Crippen LogP contribution in [0.25, 0.3) is 10.9 Å². The molecule has 2 aromatic heterocycles. The highest BCUT2D eigenvalue weighted by Crippen LogP contribution is 2.30. The predicted molar refractivity (Wildman–Crippen MR) is 116 cm³/mol. The second kappa shape index (κ2) is 8.62. The smallest absolute Gasteiger partial charge is 0.123 e. The van der Waals surface area contributed by atoms with Crippen LogP contribution in [0.15, 0.2) is 60.8 Å². The lowest BCUT2D eigenvalue weighted by atomic mass is 10.0. The summed E-state index contributed by atoms with van der Waals surface area (Å²) in [5.41, 5.74) is 5.73. The molecule has 0 fully saturated rings. The van der Waals surface area contributed by atoms with Crippen LogP contribution in [-0.4, -0.2) is 9.97 Å². The molecule has 0 bridgehead atoms. The molecule has 150 valence electrons. The molecule has 4 rings (SSSR count). The van der Waals surface area contributed by atoms with E-state index >= 15 is 0 Å². The zero-order valence-corrected chi connectivity index (χ0v) is 17.0. The van der Waals surface area contributed by atoms with Gasteiger partial charge in [0.2, 0.25) is 0 Å². The van der Waals surface area contributed by atoms with Crippen molar-refractivity contribution in [1.82, 2.24) is 9.97 Å². The SMILES string of the molecule is Cc1[nH]c2c(C(Cc3cccc(F)c3)Nc3ccc(F)cc3)nccc2c1C.Cl. The van der Waals surface area contributed by atoms with Crippen LogP contribution >= 0.6 is 12.4 Å². The summed E-state index contributed by atoms with van der Waals surface area (Å²) >= 11 is 0. The van der Waals surface area contributed by atoms with Crippen LogP contribution in [0.4, 0.5) is 14.5 Å². The summed E-state index contributed by atoms with van der Waals surface area (Å²) in [6.45, 7) is 4.11. The second-order valence-electron chi connectivity index (χ2n) is 7.03. The van der Waals surface area contributed by atoms with Gasteiger partial charge in [0.05, 0.1) is 17.3 Å². The van der Waals surface area contributed by atoms with Crippen molar-refractivity contribution in [2.75, 3.05) is 5.32 Å². The maximum Gasteiger partial charge on any atom is 0.123 e. The Balaban J connectivity index is 0.00000240. The molecular formula is C23H22ClF2N3. The van der Waals surface area contributed by atoms with Crippen LogP contribution in [0, 0.1) is 25.5 Å². The van der Waals surface area contributed by atoms with Gasteiger partial charge < -0.3 is 10.3 Å². The molecule has 2 aromatic carbocycles. The molecule has 0 aliphatic carbocycles. The summed E-state index contributed by atoms with van der Waals surface area (Å²) in [5.74, 6) is -0.557. The number of hydrogen-bond acceptors (Lipinski definition) is 2. The molecule has 0 saturated heterocycles. The van der Waals surface area contributed by atoms with Crippen LogP contribution in [-0.2, 0) is 6.42 Å². The molecule has 6 heteroatoms. The average molecular weight is 414 g/mol. The highest BCUT2D eigenvalue weighted by atomic mass is 35.5. The lowest BCUT2D eigenvalue weighted by molar-refractivity contribution is 0.622. The van der Waals surface area contributed by atoms with Gasteiger partial charge in [-0.25, -0.2) is 8.78 Å². The molecule has 2 N–H and O–H groups in total. The average Bonchev–Trinajstić information content (AvgIpc) is 2.97. The van der Waals surface area contributed by atoms with Crippen LogP contribution in [0.2, 0.25) is 0 Å². The van der Waals surface area contributed by atoms with E-state index in [1.807, 2.05) is 19.1 Å².